The topological polar surface area (TPSA) is 52.9 Å². The lowest BCUT2D eigenvalue weighted by atomic mass is 10.1. The average molecular weight is 248 g/mol. The van der Waals surface area contributed by atoms with Crippen LogP contribution in [0.25, 0.3) is 6.08 Å². The molecule has 0 aliphatic carbocycles. The van der Waals surface area contributed by atoms with Gasteiger partial charge in [0.15, 0.2) is 0 Å². The molecule has 0 atom stereocenters. The van der Waals surface area contributed by atoms with Gasteiger partial charge in [-0.05, 0) is 18.2 Å². The Labute approximate surface area is 103 Å². The molecule has 1 amide bonds. The van der Waals surface area contributed by atoms with E-state index in [0.29, 0.717) is 0 Å². The van der Waals surface area contributed by atoms with E-state index in [9.17, 15) is 13.6 Å². The lowest BCUT2D eigenvalue weighted by Crippen LogP contribution is -2.24. The van der Waals surface area contributed by atoms with E-state index >= 15 is 0 Å². The minimum absolute atomic E-state index is 0.164. The fraction of sp³-hybridized carbons (Fsp3) is 0.0769. The first kappa shape index (κ1) is 13.6. The van der Waals surface area contributed by atoms with Gasteiger partial charge in [-0.25, -0.2) is 8.78 Å². The number of halogens is 2. The van der Waals surface area contributed by atoms with Crippen LogP contribution in [0, 0.1) is 23.0 Å². The second-order valence-corrected chi connectivity index (χ2v) is 3.30. The fourth-order valence-corrected chi connectivity index (χ4v) is 1.20. The molecule has 1 aromatic rings. The van der Waals surface area contributed by atoms with Gasteiger partial charge in [-0.2, -0.15) is 5.26 Å². The number of nitrogens with zero attached hydrogens (tertiary/aromatic N) is 1. The Morgan fingerprint density at radius 1 is 1.44 bits per heavy atom. The smallest absolute Gasteiger partial charge is 0.262 e. The van der Waals surface area contributed by atoms with Crippen LogP contribution >= 0.6 is 0 Å². The number of nitrogens with one attached hydrogen (secondary N) is 1. The van der Waals surface area contributed by atoms with Gasteiger partial charge < -0.3 is 5.32 Å². The van der Waals surface area contributed by atoms with Crippen LogP contribution in [0.3, 0.4) is 0 Å². The summed E-state index contributed by atoms with van der Waals surface area (Å²) in [7, 11) is 0. The molecule has 0 saturated carbocycles. The summed E-state index contributed by atoms with van der Waals surface area (Å²) in [6.07, 6.45) is 2.31. The van der Waals surface area contributed by atoms with Crippen LogP contribution in [0.2, 0.25) is 0 Å². The molecule has 0 spiro atoms. The largest absolute Gasteiger partial charge is 0.348 e. The second-order valence-electron chi connectivity index (χ2n) is 3.30. The predicted octanol–water partition coefficient (Wildman–Crippen LogP) is 2.17. The van der Waals surface area contributed by atoms with E-state index in [0.717, 1.165) is 18.2 Å². The first-order valence-electron chi connectivity index (χ1n) is 5.05. The first-order valence-corrected chi connectivity index (χ1v) is 5.05. The van der Waals surface area contributed by atoms with Crippen molar-refractivity contribution in [2.24, 2.45) is 0 Å². The molecule has 0 radical (unpaired) electrons. The van der Waals surface area contributed by atoms with E-state index in [1.54, 1.807) is 6.07 Å². The summed E-state index contributed by atoms with van der Waals surface area (Å²) in [4.78, 5) is 11.5. The molecular formula is C13H10F2N2O. The highest BCUT2D eigenvalue weighted by Gasteiger charge is 2.12. The number of hydrogen-bond donors (Lipinski definition) is 1. The zero-order valence-electron chi connectivity index (χ0n) is 9.41. The summed E-state index contributed by atoms with van der Waals surface area (Å²) >= 11 is 0. The first-order chi connectivity index (χ1) is 8.60. The molecule has 18 heavy (non-hydrogen) atoms. The third-order valence-electron chi connectivity index (χ3n) is 2.06. The Morgan fingerprint density at radius 3 is 2.56 bits per heavy atom. The third-order valence-corrected chi connectivity index (χ3v) is 2.06. The highest BCUT2D eigenvalue weighted by molar-refractivity contribution is 6.01. The molecule has 3 nitrogen and oxygen atoms in total. The second kappa shape index (κ2) is 6.30. The average Bonchev–Trinajstić information content (AvgIpc) is 2.35. The van der Waals surface area contributed by atoms with Crippen molar-refractivity contribution in [3.8, 4) is 6.07 Å². The van der Waals surface area contributed by atoms with Crippen LogP contribution in [0.4, 0.5) is 8.78 Å². The van der Waals surface area contributed by atoms with Crippen molar-refractivity contribution in [2.45, 2.75) is 0 Å². The maximum atomic E-state index is 13.3. The van der Waals surface area contributed by atoms with E-state index in [1.807, 2.05) is 0 Å². The van der Waals surface area contributed by atoms with Crippen LogP contribution in [-0.4, -0.2) is 12.5 Å². The third kappa shape index (κ3) is 3.25. The molecule has 1 rings (SSSR count). The molecule has 0 aliphatic rings. The Hall–Kier alpha value is -2.48. The van der Waals surface area contributed by atoms with Crippen molar-refractivity contribution in [3.63, 3.8) is 0 Å². The van der Waals surface area contributed by atoms with Crippen LogP contribution in [0.15, 0.2) is 36.4 Å². The molecule has 0 aliphatic heterocycles. The number of benzene rings is 1. The summed E-state index contributed by atoms with van der Waals surface area (Å²) in [6.45, 7) is 3.56. The fourth-order valence-electron chi connectivity index (χ4n) is 1.20. The van der Waals surface area contributed by atoms with Crippen molar-refractivity contribution >= 4 is 12.0 Å². The van der Waals surface area contributed by atoms with Crippen LogP contribution in [0.1, 0.15) is 5.56 Å². The van der Waals surface area contributed by atoms with Crippen molar-refractivity contribution < 1.29 is 13.6 Å². The lowest BCUT2D eigenvalue weighted by molar-refractivity contribution is -0.116. The van der Waals surface area contributed by atoms with Crippen molar-refractivity contribution in [3.05, 3.63) is 53.6 Å². The monoisotopic (exact) mass is 248 g/mol. The van der Waals surface area contributed by atoms with Crippen molar-refractivity contribution in [1.29, 1.82) is 5.26 Å². The molecule has 0 bridgehead atoms. The van der Waals surface area contributed by atoms with Crippen LogP contribution < -0.4 is 5.32 Å². The highest BCUT2D eigenvalue weighted by Crippen LogP contribution is 2.15. The van der Waals surface area contributed by atoms with Gasteiger partial charge in [0, 0.05) is 12.1 Å². The van der Waals surface area contributed by atoms with Gasteiger partial charge in [0.1, 0.15) is 23.3 Å². The normalized spacial score (nSPS) is 10.6. The molecule has 92 valence electrons. The van der Waals surface area contributed by atoms with Crippen LogP contribution in [0.5, 0.6) is 0 Å². The van der Waals surface area contributed by atoms with Gasteiger partial charge in [0.05, 0.1) is 0 Å². The minimum Gasteiger partial charge on any atom is -0.348 e. The predicted molar refractivity (Wildman–Crippen MR) is 63.2 cm³/mol. The van der Waals surface area contributed by atoms with Crippen LogP contribution in [-0.2, 0) is 4.79 Å². The summed E-state index contributed by atoms with van der Waals surface area (Å²) in [5, 5.41) is 11.1. The van der Waals surface area contributed by atoms with E-state index in [-0.39, 0.29) is 12.1 Å². The van der Waals surface area contributed by atoms with Crippen molar-refractivity contribution in [2.75, 3.05) is 6.54 Å². The molecule has 1 aromatic carbocycles. The lowest BCUT2D eigenvalue weighted by Gasteiger charge is -2.02. The Kier molecular flexibility index (Phi) is 4.76. The number of nitriles is 1. The number of carbonyl (C=O) groups is 1. The Balaban J connectivity index is 3.09. The number of carbonyl (C=O) groups excluding carboxylic acids is 1. The van der Waals surface area contributed by atoms with Gasteiger partial charge in [-0.3, -0.25) is 4.79 Å². The van der Waals surface area contributed by atoms with E-state index in [4.69, 9.17) is 5.26 Å². The van der Waals surface area contributed by atoms with Crippen molar-refractivity contribution in [1.82, 2.24) is 5.32 Å². The number of rotatable bonds is 4. The Bertz CT molecular complexity index is 524. The molecule has 0 aromatic heterocycles. The summed E-state index contributed by atoms with van der Waals surface area (Å²) in [5.74, 6) is -2.38. The van der Waals surface area contributed by atoms with E-state index in [1.165, 1.54) is 12.1 Å². The van der Waals surface area contributed by atoms with E-state index in [2.05, 4.69) is 11.9 Å². The zero-order valence-corrected chi connectivity index (χ0v) is 9.41. The molecule has 1 N–H and O–H groups in total. The van der Waals surface area contributed by atoms with Gasteiger partial charge in [0.2, 0.25) is 0 Å². The summed E-state index contributed by atoms with van der Waals surface area (Å²) < 4.78 is 26.6. The summed E-state index contributed by atoms with van der Waals surface area (Å²) in [5.41, 5.74) is -0.788. The molecule has 0 fully saturated rings. The SMILES string of the molecule is C=CCNC(=O)C(C#N)=Cc1c(F)cccc1F. The maximum Gasteiger partial charge on any atom is 0.262 e. The molecule has 0 unspecified atom stereocenters. The number of amides is 1. The summed E-state index contributed by atoms with van der Waals surface area (Å²) in [6, 6.07) is 4.89. The van der Waals surface area contributed by atoms with Gasteiger partial charge >= 0.3 is 0 Å². The van der Waals surface area contributed by atoms with Gasteiger partial charge in [-0.15, -0.1) is 6.58 Å². The molecular weight excluding hydrogens is 238 g/mol. The standard InChI is InChI=1S/C13H10F2N2O/c1-2-6-17-13(18)9(8-16)7-10-11(14)4-3-5-12(10)15/h2-5,7H,1,6H2,(H,17,18). The highest BCUT2D eigenvalue weighted by atomic mass is 19.1. The van der Waals surface area contributed by atoms with E-state index < -0.39 is 23.1 Å². The minimum atomic E-state index is -0.834. The quantitative estimate of drug-likeness (QED) is 0.504. The zero-order chi connectivity index (χ0) is 13.5. The number of hydrogen-bond acceptors (Lipinski definition) is 2. The molecule has 0 saturated heterocycles. The molecule has 5 heteroatoms. The molecule has 0 heterocycles. The van der Waals surface area contributed by atoms with Gasteiger partial charge in [-0.1, -0.05) is 12.1 Å². The maximum absolute atomic E-state index is 13.3. The Morgan fingerprint density at radius 2 is 2.06 bits per heavy atom. The van der Waals surface area contributed by atoms with Gasteiger partial charge in [0.25, 0.3) is 5.91 Å².